The van der Waals surface area contributed by atoms with Crippen LogP contribution in [0.1, 0.15) is 246 Å². The fourth-order valence-corrected chi connectivity index (χ4v) is 8.65. The standard InChI is InChI=1S/C50H97NO6/c1-7-11-25-33-45(34-26-12-8-2)41-48(52)54-39-31-23-19-15-17-21-29-37-50(56-44-47(57-50)43-51(5)6)38-30-22-18-16-20-24-32-40-55-49(53)42-46(35-27-13-9-3)36-28-14-10-4/h45-47H,7-44H2,1-6H3. The van der Waals surface area contributed by atoms with Gasteiger partial charge in [-0.05, 0) is 77.3 Å². The summed E-state index contributed by atoms with van der Waals surface area (Å²) >= 11 is 0. The second-order valence-corrected chi connectivity index (χ2v) is 18.2. The van der Waals surface area contributed by atoms with E-state index in [0.29, 0.717) is 44.5 Å². The second-order valence-electron chi connectivity index (χ2n) is 18.2. The van der Waals surface area contributed by atoms with Gasteiger partial charge in [-0.25, -0.2) is 0 Å². The van der Waals surface area contributed by atoms with Crippen molar-refractivity contribution in [3.05, 3.63) is 0 Å². The highest BCUT2D eigenvalue weighted by Gasteiger charge is 2.40. The van der Waals surface area contributed by atoms with E-state index in [4.69, 9.17) is 18.9 Å². The first-order valence-corrected chi connectivity index (χ1v) is 25.0. The highest BCUT2D eigenvalue weighted by Crippen LogP contribution is 2.35. The Morgan fingerprint density at radius 3 is 1.23 bits per heavy atom. The van der Waals surface area contributed by atoms with Crippen molar-refractivity contribution in [3.63, 3.8) is 0 Å². The molecule has 1 aliphatic rings. The average Bonchev–Trinajstić information content (AvgIpc) is 3.57. The molecule has 0 bridgehead atoms. The van der Waals surface area contributed by atoms with E-state index in [1.54, 1.807) is 0 Å². The zero-order valence-corrected chi connectivity index (χ0v) is 39.0. The van der Waals surface area contributed by atoms with Crippen molar-refractivity contribution in [2.24, 2.45) is 11.8 Å². The van der Waals surface area contributed by atoms with Gasteiger partial charge in [0.15, 0.2) is 5.79 Å². The number of esters is 2. The third-order valence-corrected chi connectivity index (χ3v) is 12.2. The number of nitrogens with zero attached hydrogens (tertiary/aromatic N) is 1. The third kappa shape index (κ3) is 31.4. The van der Waals surface area contributed by atoms with Crippen LogP contribution in [0.5, 0.6) is 0 Å². The molecule has 0 N–H and O–H groups in total. The molecule has 0 radical (unpaired) electrons. The summed E-state index contributed by atoms with van der Waals surface area (Å²) in [6, 6.07) is 0. The van der Waals surface area contributed by atoms with Crippen molar-refractivity contribution < 1.29 is 28.5 Å². The number of likely N-dealkylation sites (N-methyl/N-ethyl adjacent to an activating group) is 1. The summed E-state index contributed by atoms with van der Waals surface area (Å²) in [7, 11) is 4.22. The van der Waals surface area contributed by atoms with Gasteiger partial charge in [0.1, 0.15) is 0 Å². The monoisotopic (exact) mass is 808 g/mol. The molecule has 1 fully saturated rings. The molecule has 1 atom stereocenters. The maximum Gasteiger partial charge on any atom is 0.306 e. The van der Waals surface area contributed by atoms with Crippen molar-refractivity contribution in [1.29, 1.82) is 0 Å². The van der Waals surface area contributed by atoms with E-state index < -0.39 is 5.79 Å². The van der Waals surface area contributed by atoms with E-state index in [1.807, 2.05) is 0 Å². The normalized spacial score (nSPS) is 15.4. The van der Waals surface area contributed by atoms with E-state index in [-0.39, 0.29) is 18.0 Å². The molecule has 57 heavy (non-hydrogen) atoms. The topological polar surface area (TPSA) is 74.3 Å². The fourth-order valence-electron chi connectivity index (χ4n) is 8.65. The van der Waals surface area contributed by atoms with Crippen LogP contribution in [0.15, 0.2) is 0 Å². The Hall–Kier alpha value is -1.18. The first-order chi connectivity index (χ1) is 27.8. The van der Waals surface area contributed by atoms with Crippen LogP contribution in [0.25, 0.3) is 0 Å². The number of carbonyl (C=O) groups excluding carboxylic acids is 2. The predicted octanol–water partition coefficient (Wildman–Crippen LogP) is 14.3. The van der Waals surface area contributed by atoms with Gasteiger partial charge >= 0.3 is 11.9 Å². The maximum atomic E-state index is 12.5. The average molecular weight is 808 g/mol. The van der Waals surface area contributed by atoms with Gasteiger partial charge in [0.05, 0.1) is 25.9 Å². The first-order valence-electron chi connectivity index (χ1n) is 25.0. The molecule has 0 saturated carbocycles. The van der Waals surface area contributed by atoms with E-state index in [2.05, 4.69) is 46.7 Å². The Kier molecular flexibility index (Phi) is 35.7. The molecular formula is C50H97NO6. The summed E-state index contributed by atoms with van der Waals surface area (Å²) in [4.78, 5) is 27.2. The first kappa shape index (κ1) is 53.8. The molecule has 0 spiro atoms. The highest BCUT2D eigenvalue weighted by atomic mass is 16.7. The van der Waals surface area contributed by atoms with Crippen molar-refractivity contribution in [3.8, 4) is 0 Å². The van der Waals surface area contributed by atoms with Gasteiger partial charge in [0.25, 0.3) is 0 Å². The van der Waals surface area contributed by atoms with Crippen LogP contribution in [0.3, 0.4) is 0 Å². The fraction of sp³-hybridized carbons (Fsp3) is 0.960. The molecule has 1 rings (SSSR count). The number of ether oxygens (including phenoxy) is 4. The van der Waals surface area contributed by atoms with Gasteiger partial charge in [-0.1, -0.05) is 169 Å². The van der Waals surface area contributed by atoms with Gasteiger partial charge < -0.3 is 23.8 Å². The molecule has 1 heterocycles. The summed E-state index contributed by atoms with van der Waals surface area (Å²) in [5.74, 6) is 0.634. The molecule has 0 aromatic rings. The molecule has 338 valence electrons. The van der Waals surface area contributed by atoms with Gasteiger partial charge in [-0.3, -0.25) is 9.59 Å². The quantitative estimate of drug-likeness (QED) is 0.0449. The van der Waals surface area contributed by atoms with Crippen LogP contribution < -0.4 is 0 Å². The molecular weight excluding hydrogens is 711 g/mol. The lowest BCUT2D eigenvalue weighted by atomic mass is 9.92. The number of hydrogen-bond donors (Lipinski definition) is 0. The van der Waals surface area contributed by atoms with Crippen LogP contribution in [-0.4, -0.2) is 69.2 Å². The molecule has 1 saturated heterocycles. The molecule has 0 aromatic carbocycles. The number of unbranched alkanes of at least 4 members (excludes halogenated alkanes) is 20. The van der Waals surface area contributed by atoms with Gasteiger partial charge in [0, 0.05) is 32.2 Å². The summed E-state index contributed by atoms with van der Waals surface area (Å²) in [6.07, 6.45) is 39.3. The van der Waals surface area contributed by atoms with Crippen LogP contribution in [-0.2, 0) is 28.5 Å². The second kappa shape index (κ2) is 37.8. The lowest BCUT2D eigenvalue weighted by Gasteiger charge is -2.29. The molecule has 1 aliphatic heterocycles. The Balaban J connectivity index is 2.22. The van der Waals surface area contributed by atoms with Gasteiger partial charge in [0.2, 0.25) is 0 Å². The van der Waals surface area contributed by atoms with E-state index in [9.17, 15) is 9.59 Å². The predicted molar refractivity (Wildman–Crippen MR) is 241 cm³/mol. The SMILES string of the molecule is CCCCCC(CCCCC)CC(=O)OCCCCCCCCCC1(CCCCCCCCCOC(=O)CC(CCCCC)CCCCC)OCC(CN(C)C)O1. The van der Waals surface area contributed by atoms with E-state index in [0.717, 1.165) is 57.9 Å². The number of carbonyl (C=O) groups is 2. The minimum Gasteiger partial charge on any atom is -0.466 e. The molecule has 1 unspecified atom stereocenters. The molecule has 0 amide bonds. The van der Waals surface area contributed by atoms with Gasteiger partial charge in [-0.2, -0.15) is 0 Å². The van der Waals surface area contributed by atoms with Crippen molar-refractivity contribution in [2.75, 3.05) is 40.5 Å². The lowest BCUT2D eigenvalue weighted by molar-refractivity contribution is -0.180. The molecule has 7 heteroatoms. The zero-order valence-electron chi connectivity index (χ0n) is 39.0. The molecule has 0 aromatic heterocycles. The van der Waals surface area contributed by atoms with E-state index in [1.165, 1.54) is 154 Å². The van der Waals surface area contributed by atoms with Crippen LogP contribution in [0, 0.1) is 11.8 Å². The Bertz CT molecular complexity index is 833. The maximum absolute atomic E-state index is 12.5. The number of hydrogen-bond acceptors (Lipinski definition) is 7. The minimum absolute atomic E-state index is 0.0201. The third-order valence-electron chi connectivity index (χ3n) is 12.2. The minimum atomic E-state index is -0.412. The van der Waals surface area contributed by atoms with Crippen LogP contribution in [0.4, 0.5) is 0 Å². The zero-order chi connectivity index (χ0) is 41.7. The van der Waals surface area contributed by atoms with Crippen molar-refractivity contribution >= 4 is 11.9 Å². The summed E-state index contributed by atoms with van der Waals surface area (Å²) in [6.45, 7) is 11.7. The lowest BCUT2D eigenvalue weighted by Crippen LogP contribution is -2.33. The van der Waals surface area contributed by atoms with Crippen molar-refractivity contribution in [1.82, 2.24) is 4.90 Å². The van der Waals surface area contributed by atoms with Gasteiger partial charge in [-0.15, -0.1) is 0 Å². The summed E-state index contributed by atoms with van der Waals surface area (Å²) < 4.78 is 24.4. The Morgan fingerprint density at radius 1 is 0.526 bits per heavy atom. The van der Waals surface area contributed by atoms with Crippen LogP contribution in [0.2, 0.25) is 0 Å². The molecule has 7 nitrogen and oxygen atoms in total. The van der Waals surface area contributed by atoms with Crippen molar-refractivity contribution in [2.45, 2.75) is 258 Å². The highest BCUT2D eigenvalue weighted by molar-refractivity contribution is 5.70. The Morgan fingerprint density at radius 2 is 0.877 bits per heavy atom. The van der Waals surface area contributed by atoms with E-state index >= 15 is 0 Å². The summed E-state index contributed by atoms with van der Waals surface area (Å²) in [5, 5.41) is 0. The Labute approximate surface area is 354 Å². The largest absolute Gasteiger partial charge is 0.466 e. The number of rotatable bonds is 42. The van der Waals surface area contributed by atoms with Crippen LogP contribution >= 0.6 is 0 Å². The summed E-state index contributed by atoms with van der Waals surface area (Å²) in [5.41, 5.74) is 0. The molecule has 0 aliphatic carbocycles. The smallest absolute Gasteiger partial charge is 0.306 e.